The molecule has 4 N–H and O–H groups in total. The smallest absolute Gasteiger partial charge is 0.0419 e. The second-order valence-electron chi connectivity index (χ2n) is 7.47. The summed E-state index contributed by atoms with van der Waals surface area (Å²) in [5.74, 6) is 4.85. The molecule has 1 aromatic carbocycles. The van der Waals surface area contributed by atoms with Crippen molar-refractivity contribution in [1.82, 2.24) is 0 Å². The van der Waals surface area contributed by atoms with Crippen molar-refractivity contribution in [1.29, 1.82) is 0 Å². The zero-order valence-corrected chi connectivity index (χ0v) is 12.2. The standard InChI is InChI=1S/C18H26N2/c19-10-17(20)13-1-3-14(4-2-13)18-15-6-11-5-12(8-15)9-16(18)7-11/h1-4,11-12,15-18H,5-10,19-20H2. The molecule has 4 saturated carbocycles. The van der Waals surface area contributed by atoms with Crippen molar-refractivity contribution in [2.75, 3.05) is 6.54 Å². The minimum atomic E-state index is -0.0115. The van der Waals surface area contributed by atoms with Crippen molar-refractivity contribution in [2.24, 2.45) is 35.1 Å². The van der Waals surface area contributed by atoms with Gasteiger partial charge < -0.3 is 11.5 Å². The van der Waals surface area contributed by atoms with Crippen LogP contribution in [0.5, 0.6) is 0 Å². The Hall–Kier alpha value is -0.860. The SMILES string of the molecule is NCC(N)c1ccc(C2C3CC4CC(C3)CC2C4)cc1. The fraction of sp³-hybridized carbons (Fsp3) is 0.667. The van der Waals surface area contributed by atoms with Gasteiger partial charge in [0.05, 0.1) is 0 Å². The minimum Gasteiger partial charge on any atom is -0.329 e. The molecule has 20 heavy (non-hydrogen) atoms. The molecule has 4 fully saturated rings. The van der Waals surface area contributed by atoms with Gasteiger partial charge >= 0.3 is 0 Å². The van der Waals surface area contributed by atoms with Crippen molar-refractivity contribution >= 4 is 0 Å². The molecule has 1 atom stereocenters. The Bertz CT molecular complexity index is 451. The van der Waals surface area contributed by atoms with Gasteiger partial charge in [0.25, 0.3) is 0 Å². The fourth-order valence-electron chi connectivity index (χ4n) is 5.57. The lowest BCUT2D eigenvalue weighted by molar-refractivity contribution is -0.00278. The molecule has 5 rings (SSSR count). The maximum atomic E-state index is 6.01. The monoisotopic (exact) mass is 270 g/mol. The first-order chi connectivity index (χ1) is 9.74. The van der Waals surface area contributed by atoms with E-state index in [1.165, 1.54) is 37.7 Å². The maximum absolute atomic E-state index is 6.01. The molecule has 2 heteroatoms. The van der Waals surface area contributed by atoms with Gasteiger partial charge in [-0.05, 0) is 72.8 Å². The Morgan fingerprint density at radius 1 is 0.900 bits per heavy atom. The van der Waals surface area contributed by atoms with Crippen LogP contribution in [0.2, 0.25) is 0 Å². The Labute approximate surface area is 121 Å². The van der Waals surface area contributed by atoms with Crippen LogP contribution in [-0.4, -0.2) is 6.54 Å². The first-order valence-corrected chi connectivity index (χ1v) is 8.30. The molecule has 2 nitrogen and oxygen atoms in total. The zero-order chi connectivity index (χ0) is 13.7. The van der Waals surface area contributed by atoms with Crippen LogP contribution in [0.1, 0.15) is 55.2 Å². The molecule has 1 unspecified atom stereocenters. The average Bonchev–Trinajstić information content (AvgIpc) is 2.46. The van der Waals surface area contributed by atoms with Gasteiger partial charge in [-0.2, -0.15) is 0 Å². The predicted molar refractivity (Wildman–Crippen MR) is 82.2 cm³/mol. The molecule has 4 bridgehead atoms. The van der Waals surface area contributed by atoms with E-state index in [2.05, 4.69) is 24.3 Å². The summed E-state index contributed by atoms with van der Waals surface area (Å²) in [6, 6.07) is 9.06. The lowest BCUT2D eigenvalue weighted by Crippen LogP contribution is -2.43. The Balaban J connectivity index is 1.58. The minimum absolute atomic E-state index is 0.0115. The van der Waals surface area contributed by atoms with Crippen molar-refractivity contribution in [3.63, 3.8) is 0 Å². The topological polar surface area (TPSA) is 52.0 Å². The van der Waals surface area contributed by atoms with Gasteiger partial charge in [0.15, 0.2) is 0 Å². The largest absolute Gasteiger partial charge is 0.329 e. The third kappa shape index (κ3) is 2.01. The van der Waals surface area contributed by atoms with Gasteiger partial charge in [0.1, 0.15) is 0 Å². The van der Waals surface area contributed by atoms with E-state index in [9.17, 15) is 0 Å². The number of hydrogen-bond donors (Lipinski definition) is 2. The second-order valence-corrected chi connectivity index (χ2v) is 7.47. The van der Waals surface area contributed by atoms with Crippen molar-refractivity contribution in [2.45, 2.75) is 44.1 Å². The summed E-state index contributed by atoms with van der Waals surface area (Å²) in [6.45, 7) is 0.525. The van der Waals surface area contributed by atoms with E-state index in [4.69, 9.17) is 11.5 Å². The summed E-state index contributed by atoms with van der Waals surface area (Å²) >= 11 is 0. The number of nitrogens with two attached hydrogens (primary N) is 2. The molecule has 1 aromatic rings. The van der Waals surface area contributed by atoms with E-state index < -0.39 is 0 Å². The van der Waals surface area contributed by atoms with E-state index in [-0.39, 0.29) is 6.04 Å². The molecule has 0 radical (unpaired) electrons. The van der Waals surface area contributed by atoms with Gasteiger partial charge in [0, 0.05) is 12.6 Å². The highest BCUT2D eigenvalue weighted by Crippen LogP contribution is 2.59. The molecule has 0 amide bonds. The Morgan fingerprint density at radius 2 is 1.45 bits per heavy atom. The predicted octanol–water partition coefficient (Wildman–Crippen LogP) is 3.18. The molecule has 108 valence electrons. The first kappa shape index (κ1) is 12.8. The third-order valence-corrected chi connectivity index (χ3v) is 6.23. The molecule has 4 aliphatic rings. The number of hydrogen-bond acceptors (Lipinski definition) is 2. The molecular weight excluding hydrogens is 244 g/mol. The molecule has 0 saturated heterocycles. The van der Waals surface area contributed by atoms with E-state index >= 15 is 0 Å². The lowest BCUT2D eigenvalue weighted by atomic mass is 9.51. The van der Waals surface area contributed by atoms with Crippen molar-refractivity contribution in [3.05, 3.63) is 35.4 Å². The quantitative estimate of drug-likeness (QED) is 0.886. The van der Waals surface area contributed by atoms with Crippen LogP contribution < -0.4 is 11.5 Å². The van der Waals surface area contributed by atoms with Crippen LogP contribution >= 0.6 is 0 Å². The van der Waals surface area contributed by atoms with Gasteiger partial charge in [-0.3, -0.25) is 0 Å². The number of rotatable bonds is 3. The van der Waals surface area contributed by atoms with Gasteiger partial charge in [-0.15, -0.1) is 0 Å². The van der Waals surface area contributed by atoms with Gasteiger partial charge in [-0.25, -0.2) is 0 Å². The summed E-state index contributed by atoms with van der Waals surface area (Å²) in [7, 11) is 0. The Morgan fingerprint density at radius 3 is 1.95 bits per heavy atom. The molecule has 0 heterocycles. The lowest BCUT2D eigenvalue weighted by Gasteiger charge is -2.54. The van der Waals surface area contributed by atoms with Gasteiger partial charge in [-0.1, -0.05) is 24.3 Å². The van der Waals surface area contributed by atoms with Crippen LogP contribution in [0.4, 0.5) is 0 Å². The summed E-state index contributed by atoms with van der Waals surface area (Å²) in [5, 5.41) is 0. The van der Waals surface area contributed by atoms with Crippen LogP contribution in [0.25, 0.3) is 0 Å². The highest BCUT2D eigenvalue weighted by molar-refractivity contribution is 5.30. The van der Waals surface area contributed by atoms with Crippen LogP contribution in [0.3, 0.4) is 0 Å². The number of benzene rings is 1. The van der Waals surface area contributed by atoms with Crippen LogP contribution in [0, 0.1) is 23.7 Å². The van der Waals surface area contributed by atoms with Crippen LogP contribution in [-0.2, 0) is 0 Å². The van der Waals surface area contributed by atoms with E-state index in [1.807, 2.05) is 0 Å². The average molecular weight is 270 g/mol. The van der Waals surface area contributed by atoms with Crippen molar-refractivity contribution in [3.8, 4) is 0 Å². The second kappa shape index (κ2) is 4.85. The maximum Gasteiger partial charge on any atom is 0.0419 e. The summed E-state index contributed by atoms with van der Waals surface area (Å²) < 4.78 is 0. The summed E-state index contributed by atoms with van der Waals surface area (Å²) in [5.41, 5.74) is 14.4. The Kier molecular flexibility index (Phi) is 3.12. The summed E-state index contributed by atoms with van der Waals surface area (Å²) in [6.07, 6.45) is 7.48. The highest BCUT2D eigenvalue weighted by Gasteiger charge is 2.48. The van der Waals surface area contributed by atoms with E-state index in [1.54, 1.807) is 5.56 Å². The molecular formula is C18H26N2. The third-order valence-electron chi connectivity index (χ3n) is 6.23. The van der Waals surface area contributed by atoms with E-state index in [0.29, 0.717) is 6.54 Å². The molecule has 0 spiro atoms. The normalized spacial score (nSPS) is 40.0. The molecule has 0 aromatic heterocycles. The van der Waals surface area contributed by atoms with E-state index in [0.717, 1.165) is 29.6 Å². The van der Waals surface area contributed by atoms with Gasteiger partial charge in [0.2, 0.25) is 0 Å². The van der Waals surface area contributed by atoms with Crippen molar-refractivity contribution < 1.29 is 0 Å². The first-order valence-electron chi connectivity index (χ1n) is 8.30. The zero-order valence-electron chi connectivity index (χ0n) is 12.2. The van der Waals surface area contributed by atoms with Crippen LogP contribution in [0.15, 0.2) is 24.3 Å². The molecule has 0 aliphatic heterocycles. The fourth-order valence-corrected chi connectivity index (χ4v) is 5.57. The molecule has 4 aliphatic carbocycles. The summed E-state index contributed by atoms with van der Waals surface area (Å²) in [4.78, 5) is 0. The highest BCUT2D eigenvalue weighted by atomic mass is 14.7.